The molecule has 0 amide bonds. The fourth-order valence-electron chi connectivity index (χ4n) is 3.30. The highest BCUT2D eigenvalue weighted by atomic mass is 16.5. The molecule has 0 saturated carbocycles. The second-order valence-corrected chi connectivity index (χ2v) is 7.77. The van der Waals surface area contributed by atoms with Gasteiger partial charge in [0.15, 0.2) is 0 Å². The van der Waals surface area contributed by atoms with Crippen LogP contribution >= 0.6 is 0 Å². The number of carbonyl (C=O) groups is 1. The lowest BCUT2D eigenvalue weighted by Crippen LogP contribution is -2.49. The zero-order chi connectivity index (χ0) is 19.3. The molecule has 6 heteroatoms. The lowest BCUT2D eigenvalue weighted by atomic mass is 9.83. The fourth-order valence-corrected chi connectivity index (χ4v) is 3.30. The Kier molecular flexibility index (Phi) is 7.03. The molecule has 1 heterocycles. The Balaban J connectivity index is 2.34. The summed E-state index contributed by atoms with van der Waals surface area (Å²) in [6.45, 7) is 11.5. The van der Waals surface area contributed by atoms with E-state index in [1.54, 1.807) is 7.11 Å². The van der Waals surface area contributed by atoms with Crippen LogP contribution in [0.2, 0.25) is 0 Å². The van der Waals surface area contributed by atoms with Crippen LogP contribution in [0.15, 0.2) is 12.1 Å². The van der Waals surface area contributed by atoms with E-state index in [1.165, 1.54) is 11.1 Å². The van der Waals surface area contributed by atoms with Gasteiger partial charge in [-0.2, -0.15) is 0 Å². The fraction of sp³-hybridized carbons (Fsp3) is 0.650. The summed E-state index contributed by atoms with van der Waals surface area (Å²) in [6, 6.07) is 3.59. The Morgan fingerprint density at radius 1 is 1.35 bits per heavy atom. The molecular weight excluding hydrogens is 334 g/mol. The van der Waals surface area contributed by atoms with Gasteiger partial charge in [0, 0.05) is 25.8 Å². The van der Waals surface area contributed by atoms with Gasteiger partial charge in [-0.25, -0.2) is 0 Å². The van der Waals surface area contributed by atoms with E-state index in [0.29, 0.717) is 32.9 Å². The van der Waals surface area contributed by atoms with E-state index < -0.39 is 12.0 Å². The number of benzene rings is 1. The number of hydrogen-bond donors (Lipinski definition) is 1. The van der Waals surface area contributed by atoms with Crippen molar-refractivity contribution in [3.8, 4) is 5.75 Å². The first-order valence-electron chi connectivity index (χ1n) is 9.04. The van der Waals surface area contributed by atoms with Gasteiger partial charge in [-0.1, -0.05) is 26.8 Å². The second-order valence-electron chi connectivity index (χ2n) is 7.77. The average molecular weight is 365 g/mol. The van der Waals surface area contributed by atoms with Crippen LogP contribution in [-0.2, 0) is 26.2 Å². The molecule has 6 nitrogen and oxygen atoms in total. The van der Waals surface area contributed by atoms with Crippen molar-refractivity contribution in [2.24, 2.45) is 0 Å². The highest BCUT2D eigenvalue weighted by molar-refractivity contribution is 5.73. The van der Waals surface area contributed by atoms with E-state index >= 15 is 0 Å². The third-order valence-corrected chi connectivity index (χ3v) is 4.66. The second kappa shape index (κ2) is 8.84. The Morgan fingerprint density at radius 2 is 2.08 bits per heavy atom. The normalized spacial score (nSPS) is 18.7. The average Bonchev–Trinajstić information content (AvgIpc) is 2.56. The van der Waals surface area contributed by atoms with Crippen LogP contribution in [0.5, 0.6) is 5.75 Å². The molecule has 0 aliphatic carbocycles. The molecule has 1 fully saturated rings. The summed E-state index contributed by atoms with van der Waals surface area (Å²) >= 11 is 0. The number of aliphatic carboxylic acids is 1. The minimum Gasteiger partial charge on any atom is -0.491 e. The summed E-state index contributed by atoms with van der Waals surface area (Å²) in [5, 5.41) is 9.49. The van der Waals surface area contributed by atoms with E-state index in [2.05, 4.69) is 39.8 Å². The van der Waals surface area contributed by atoms with Gasteiger partial charge in [0.25, 0.3) is 0 Å². The van der Waals surface area contributed by atoms with Crippen molar-refractivity contribution >= 4 is 5.97 Å². The summed E-state index contributed by atoms with van der Waals surface area (Å²) < 4.78 is 16.4. The number of rotatable bonds is 7. The smallest absolute Gasteiger partial charge is 0.323 e. The van der Waals surface area contributed by atoms with Crippen molar-refractivity contribution in [2.45, 2.75) is 45.7 Å². The maximum Gasteiger partial charge on any atom is 0.323 e. The molecule has 1 atom stereocenters. The maximum atomic E-state index is 11.6. The van der Waals surface area contributed by atoms with E-state index in [0.717, 1.165) is 11.3 Å². The van der Waals surface area contributed by atoms with Crippen molar-refractivity contribution in [2.75, 3.05) is 40.1 Å². The lowest BCUT2D eigenvalue weighted by molar-refractivity contribution is -0.150. The third-order valence-electron chi connectivity index (χ3n) is 4.66. The summed E-state index contributed by atoms with van der Waals surface area (Å²) in [4.78, 5) is 13.5. The third kappa shape index (κ3) is 5.19. The Bertz CT molecular complexity index is 623. The predicted molar refractivity (Wildman–Crippen MR) is 99.9 cm³/mol. The van der Waals surface area contributed by atoms with E-state index in [4.69, 9.17) is 14.2 Å². The molecule has 0 unspecified atom stereocenters. The molecule has 26 heavy (non-hydrogen) atoms. The molecule has 1 N–H and O–H groups in total. The molecule has 0 spiro atoms. The number of methoxy groups -OCH3 is 1. The highest BCUT2D eigenvalue weighted by Gasteiger charge is 2.30. The number of hydrogen-bond acceptors (Lipinski definition) is 5. The van der Waals surface area contributed by atoms with Crippen LogP contribution in [0.1, 0.15) is 37.5 Å². The van der Waals surface area contributed by atoms with Crippen molar-refractivity contribution in [1.82, 2.24) is 4.90 Å². The van der Waals surface area contributed by atoms with Crippen LogP contribution in [0.4, 0.5) is 0 Å². The summed E-state index contributed by atoms with van der Waals surface area (Å²) in [5.41, 5.74) is 3.42. The topological polar surface area (TPSA) is 68.2 Å². The van der Waals surface area contributed by atoms with Crippen molar-refractivity contribution in [3.05, 3.63) is 28.8 Å². The Labute approximate surface area is 156 Å². The molecule has 0 radical (unpaired) electrons. The van der Waals surface area contributed by atoms with Crippen LogP contribution in [0.3, 0.4) is 0 Å². The van der Waals surface area contributed by atoms with Gasteiger partial charge >= 0.3 is 5.97 Å². The number of morpholine rings is 1. The minimum absolute atomic E-state index is 0.00109. The molecule has 1 aromatic carbocycles. The van der Waals surface area contributed by atoms with Crippen LogP contribution in [0, 0.1) is 6.92 Å². The molecule has 146 valence electrons. The summed E-state index contributed by atoms with van der Waals surface area (Å²) in [6.07, 6.45) is 0. The largest absolute Gasteiger partial charge is 0.491 e. The zero-order valence-electron chi connectivity index (χ0n) is 16.5. The first-order chi connectivity index (χ1) is 12.2. The standard InChI is InChI=1S/C20H31NO5/c1-14-10-18(26-9-8-24-5)15(11-16(14)20(2,3)4)12-21-6-7-25-13-17(21)19(22)23/h10-11,17H,6-9,12-13H2,1-5H3,(H,22,23)/t17-/m0/s1. The van der Waals surface area contributed by atoms with Gasteiger partial charge in [-0.05, 0) is 29.5 Å². The highest BCUT2D eigenvalue weighted by Crippen LogP contribution is 2.32. The molecule has 1 saturated heterocycles. The number of ether oxygens (including phenoxy) is 3. The molecule has 2 rings (SSSR count). The van der Waals surface area contributed by atoms with E-state index in [1.807, 2.05) is 4.90 Å². The molecular formula is C20H31NO5. The molecule has 1 aromatic rings. The molecule has 0 aromatic heterocycles. The van der Waals surface area contributed by atoms with Crippen molar-refractivity contribution in [1.29, 1.82) is 0 Å². The van der Waals surface area contributed by atoms with Gasteiger partial charge in [-0.15, -0.1) is 0 Å². The lowest BCUT2D eigenvalue weighted by Gasteiger charge is -2.34. The Morgan fingerprint density at radius 3 is 2.69 bits per heavy atom. The number of carboxylic acids is 1. The van der Waals surface area contributed by atoms with Gasteiger partial charge < -0.3 is 19.3 Å². The quantitative estimate of drug-likeness (QED) is 0.749. The van der Waals surface area contributed by atoms with E-state index in [9.17, 15) is 9.90 Å². The molecule has 1 aliphatic heterocycles. The first-order valence-corrected chi connectivity index (χ1v) is 9.04. The monoisotopic (exact) mass is 365 g/mol. The van der Waals surface area contributed by atoms with Gasteiger partial charge in [0.2, 0.25) is 0 Å². The number of carboxylic acid groups (broad SMARTS) is 1. The first kappa shape index (κ1) is 20.7. The van der Waals surface area contributed by atoms with Crippen LogP contribution in [0.25, 0.3) is 0 Å². The summed E-state index contributed by atoms with van der Waals surface area (Å²) in [7, 11) is 1.64. The zero-order valence-corrected chi connectivity index (χ0v) is 16.5. The number of nitrogens with zero attached hydrogens (tertiary/aromatic N) is 1. The van der Waals surface area contributed by atoms with Crippen LogP contribution in [-0.4, -0.2) is 62.1 Å². The SMILES string of the molecule is COCCOc1cc(C)c(C(C)(C)C)cc1CN1CCOC[C@H]1C(=O)O. The molecule has 1 aliphatic rings. The van der Waals surface area contributed by atoms with Gasteiger partial charge in [0.05, 0.1) is 19.8 Å². The van der Waals surface area contributed by atoms with Crippen molar-refractivity contribution in [3.63, 3.8) is 0 Å². The van der Waals surface area contributed by atoms with Crippen molar-refractivity contribution < 1.29 is 24.1 Å². The van der Waals surface area contributed by atoms with Gasteiger partial charge in [-0.3, -0.25) is 9.69 Å². The van der Waals surface area contributed by atoms with Gasteiger partial charge in [0.1, 0.15) is 18.4 Å². The van der Waals surface area contributed by atoms with Crippen LogP contribution < -0.4 is 4.74 Å². The minimum atomic E-state index is -0.852. The number of aryl methyl sites for hydroxylation is 1. The maximum absolute atomic E-state index is 11.6. The van der Waals surface area contributed by atoms with E-state index in [-0.39, 0.29) is 12.0 Å². The predicted octanol–water partition coefficient (Wildman–Crippen LogP) is 2.60. The summed E-state index contributed by atoms with van der Waals surface area (Å²) in [5.74, 6) is -0.0575. The Hall–Kier alpha value is -1.63. The molecule has 0 bridgehead atoms.